The van der Waals surface area contributed by atoms with E-state index in [9.17, 15) is 14.7 Å². The van der Waals surface area contributed by atoms with Crippen LogP contribution in [0.3, 0.4) is 0 Å². The van der Waals surface area contributed by atoms with Crippen LogP contribution in [0.25, 0.3) is 5.69 Å². The normalized spacial score (nSPS) is 15.9. The van der Waals surface area contributed by atoms with E-state index in [1.807, 2.05) is 31.2 Å². The number of rotatable bonds is 4. The molecule has 2 N–H and O–H groups in total. The molecular formula is C16H17N3O3. The maximum atomic E-state index is 12.3. The van der Waals surface area contributed by atoms with E-state index in [4.69, 9.17) is 0 Å². The van der Waals surface area contributed by atoms with E-state index in [1.165, 1.54) is 6.20 Å². The molecule has 2 aromatic rings. The topological polar surface area (TPSA) is 84.2 Å². The highest BCUT2D eigenvalue weighted by Gasteiger charge is 2.45. The Hall–Kier alpha value is -2.63. The summed E-state index contributed by atoms with van der Waals surface area (Å²) in [5.41, 5.74) is 1.18. The summed E-state index contributed by atoms with van der Waals surface area (Å²) < 4.78 is 1.62. The highest BCUT2D eigenvalue weighted by molar-refractivity contribution is 5.97. The number of nitrogens with zero attached hydrogens (tertiary/aromatic N) is 2. The van der Waals surface area contributed by atoms with Gasteiger partial charge in [0.2, 0.25) is 0 Å². The minimum absolute atomic E-state index is 0.357. The minimum atomic E-state index is -1.11. The summed E-state index contributed by atoms with van der Waals surface area (Å²) in [5, 5.41) is 16.1. The van der Waals surface area contributed by atoms with Crippen molar-refractivity contribution in [2.45, 2.75) is 31.7 Å². The van der Waals surface area contributed by atoms with Crippen molar-refractivity contribution in [3.05, 3.63) is 47.8 Å². The first-order valence-corrected chi connectivity index (χ1v) is 7.18. The molecule has 22 heavy (non-hydrogen) atoms. The Morgan fingerprint density at radius 3 is 2.64 bits per heavy atom. The van der Waals surface area contributed by atoms with E-state index in [-0.39, 0.29) is 0 Å². The van der Waals surface area contributed by atoms with E-state index < -0.39 is 17.4 Å². The molecule has 0 bridgehead atoms. The monoisotopic (exact) mass is 299 g/mol. The number of aromatic nitrogens is 2. The number of benzene rings is 1. The maximum Gasteiger partial charge on any atom is 0.329 e. The molecule has 1 aromatic heterocycles. The molecule has 6 heteroatoms. The fourth-order valence-corrected chi connectivity index (χ4v) is 2.60. The first kappa shape index (κ1) is 14.3. The van der Waals surface area contributed by atoms with Crippen LogP contribution in [0.5, 0.6) is 0 Å². The number of hydrogen-bond acceptors (Lipinski definition) is 3. The largest absolute Gasteiger partial charge is 0.480 e. The van der Waals surface area contributed by atoms with Crippen LogP contribution < -0.4 is 5.32 Å². The summed E-state index contributed by atoms with van der Waals surface area (Å²) >= 11 is 0. The molecule has 1 fully saturated rings. The second kappa shape index (κ2) is 5.29. The van der Waals surface area contributed by atoms with Gasteiger partial charge in [-0.3, -0.25) is 4.79 Å². The van der Waals surface area contributed by atoms with Crippen molar-refractivity contribution >= 4 is 11.9 Å². The van der Waals surface area contributed by atoms with Crippen LogP contribution in [0.2, 0.25) is 0 Å². The molecule has 6 nitrogen and oxygen atoms in total. The highest BCUT2D eigenvalue weighted by atomic mass is 16.4. The van der Waals surface area contributed by atoms with Gasteiger partial charge >= 0.3 is 5.97 Å². The lowest BCUT2D eigenvalue weighted by molar-refractivity contribution is -0.148. The molecule has 0 unspecified atom stereocenters. The zero-order chi connectivity index (χ0) is 15.7. The van der Waals surface area contributed by atoms with E-state index in [0.29, 0.717) is 18.4 Å². The lowest BCUT2D eigenvalue weighted by Gasteiger charge is -2.38. The van der Waals surface area contributed by atoms with Crippen molar-refractivity contribution in [1.29, 1.82) is 0 Å². The van der Waals surface area contributed by atoms with Gasteiger partial charge in [-0.15, -0.1) is 0 Å². The Labute approximate surface area is 127 Å². The first-order valence-electron chi connectivity index (χ1n) is 7.18. The smallest absolute Gasteiger partial charge is 0.329 e. The van der Waals surface area contributed by atoms with Crippen molar-refractivity contribution in [1.82, 2.24) is 15.1 Å². The highest BCUT2D eigenvalue weighted by Crippen LogP contribution is 2.32. The number of aliphatic carboxylic acids is 1. The van der Waals surface area contributed by atoms with Crippen molar-refractivity contribution in [2.75, 3.05) is 0 Å². The van der Waals surface area contributed by atoms with Gasteiger partial charge in [0.25, 0.3) is 5.91 Å². The molecular weight excluding hydrogens is 282 g/mol. The van der Waals surface area contributed by atoms with Crippen molar-refractivity contribution in [3.8, 4) is 5.69 Å². The summed E-state index contributed by atoms with van der Waals surface area (Å²) in [4.78, 5) is 23.6. The third-order valence-corrected chi connectivity index (χ3v) is 4.18. The number of carboxylic acid groups (broad SMARTS) is 1. The van der Waals surface area contributed by atoms with E-state index in [1.54, 1.807) is 10.9 Å². The number of carbonyl (C=O) groups excluding carboxylic acids is 1. The van der Waals surface area contributed by atoms with Gasteiger partial charge in [-0.25, -0.2) is 9.48 Å². The fourth-order valence-electron chi connectivity index (χ4n) is 2.60. The average Bonchev–Trinajstić information content (AvgIpc) is 2.92. The number of aryl methyl sites for hydroxylation is 1. The van der Waals surface area contributed by atoms with Gasteiger partial charge < -0.3 is 10.4 Å². The zero-order valence-electron chi connectivity index (χ0n) is 12.2. The van der Waals surface area contributed by atoms with Gasteiger partial charge in [0.15, 0.2) is 0 Å². The van der Waals surface area contributed by atoms with E-state index in [2.05, 4.69) is 10.4 Å². The minimum Gasteiger partial charge on any atom is -0.480 e. The van der Waals surface area contributed by atoms with Crippen LogP contribution in [0.15, 0.2) is 36.7 Å². The number of hydrogen-bond donors (Lipinski definition) is 2. The van der Waals surface area contributed by atoms with Crippen molar-refractivity contribution < 1.29 is 14.7 Å². The molecule has 1 amide bonds. The number of carboxylic acids is 1. The Morgan fingerprint density at radius 1 is 1.32 bits per heavy atom. The molecule has 1 aromatic carbocycles. The molecule has 0 spiro atoms. The van der Waals surface area contributed by atoms with Crippen LogP contribution in [0.4, 0.5) is 0 Å². The van der Waals surface area contributed by atoms with Gasteiger partial charge in [-0.1, -0.05) is 18.2 Å². The Balaban J connectivity index is 1.81. The predicted molar refractivity (Wildman–Crippen MR) is 80.0 cm³/mol. The zero-order valence-corrected chi connectivity index (χ0v) is 12.2. The maximum absolute atomic E-state index is 12.3. The molecule has 0 saturated heterocycles. The van der Waals surface area contributed by atoms with Crippen LogP contribution in [-0.4, -0.2) is 32.3 Å². The summed E-state index contributed by atoms with van der Waals surface area (Å²) in [6, 6.07) is 7.71. The van der Waals surface area contributed by atoms with Crippen LogP contribution in [0, 0.1) is 6.92 Å². The average molecular weight is 299 g/mol. The van der Waals surface area contributed by atoms with Crippen LogP contribution in [-0.2, 0) is 4.79 Å². The fraction of sp³-hybridized carbons (Fsp3) is 0.312. The van der Waals surface area contributed by atoms with Gasteiger partial charge in [0.05, 0.1) is 17.4 Å². The Bertz CT molecular complexity index is 732. The van der Waals surface area contributed by atoms with Gasteiger partial charge in [-0.05, 0) is 37.8 Å². The molecule has 0 aliphatic heterocycles. The lowest BCUT2D eigenvalue weighted by atomic mass is 9.76. The van der Waals surface area contributed by atoms with Crippen LogP contribution in [0.1, 0.15) is 35.2 Å². The summed E-state index contributed by atoms with van der Waals surface area (Å²) in [6.45, 7) is 1.96. The standard InChI is InChI=1S/C16H17N3O3/c1-11-5-2-3-6-13(11)19-10-12(9-17-19)14(20)18-16(15(21)22)7-4-8-16/h2-3,5-6,9-10H,4,7-8H2,1H3,(H,18,20)(H,21,22). The lowest BCUT2D eigenvalue weighted by Crippen LogP contribution is -2.59. The molecule has 1 saturated carbocycles. The number of para-hydroxylation sites is 1. The van der Waals surface area contributed by atoms with Crippen molar-refractivity contribution in [2.24, 2.45) is 0 Å². The number of nitrogens with one attached hydrogen (secondary N) is 1. The summed E-state index contributed by atoms with van der Waals surface area (Å²) in [6.07, 6.45) is 4.83. The van der Waals surface area contributed by atoms with Crippen molar-refractivity contribution in [3.63, 3.8) is 0 Å². The molecule has 0 atom stereocenters. The number of amides is 1. The first-order chi connectivity index (χ1) is 10.5. The SMILES string of the molecule is Cc1ccccc1-n1cc(C(=O)NC2(C(=O)O)CCC2)cn1. The molecule has 114 valence electrons. The van der Waals surface area contributed by atoms with Crippen LogP contribution >= 0.6 is 0 Å². The van der Waals surface area contributed by atoms with Gasteiger partial charge in [0, 0.05) is 6.20 Å². The second-order valence-electron chi connectivity index (χ2n) is 5.66. The van der Waals surface area contributed by atoms with E-state index in [0.717, 1.165) is 17.7 Å². The third kappa shape index (κ3) is 2.36. The summed E-state index contributed by atoms with van der Waals surface area (Å²) in [7, 11) is 0. The van der Waals surface area contributed by atoms with Gasteiger partial charge in [-0.2, -0.15) is 5.10 Å². The van der Waals surface area contributed by atoms with E-state index >= 15 is 0 Å². The number of carbonyl (C=O) groups is 2. The summed E-state index contributed by atoms with van der Waals surface area (Å²) in [5.74, 6) is -1.37. The predicted octanol–water partition coefficient (Wildman–Crippen LogP) is 1.92. The third-order valence-electron chi connectivity index (χ3n) is 4.18. The molecule has 1 heterocycles. The molecule has 1 aliphatic carbocycles. The second-order valence-corrected chi connectivity index (χ2v) is 5.66. The molecule has 3 rings (SSSR count). The quantitative estimate of drug-likeness (QED) is 0.903. The Kier molecular flexibility index (Phi) is 3.44. The molecule has 1 aliphatic rings. The Morgan fingerprint density at radius 2 is 2.05 bits per heavy atom. The van der Waals surface area contributed by atoms with Gasteiger partial charge in [0.1, 0.15) is 5.54 Å². The molecule has 0 radical (unpaired) electrons.